The van der Waals surface area contributed by atoms with Gasteiger partial charge < -0.3 is 24.9 Å². The average Bonchev–Trinajstić information content (AvgIpc) is 2.66. The second-order valence-electron chi connectivity index (χ2n) is 6.60. The molecule has 0 spiro atoms. The van der Waals surface area contributed by atoms with E-state index in [1.54, 1.807) is 4.98 Å². The van der Waals surface area contributed by atoms with Gasteiger partial charge in [0.05, 0.1) is 19.3 Å². The van der Waals surface area contributed by atoms with Crippen LogP contribution in [0.15, 0.2) is 35.1 Å². The lowest BCUT2D eigenvalue weighted by Gasteiger charge is -2.27. The minimum atomic E-state index is -4.82. The minimum absolute atomic E-state index is 0.0415. The number of halogens is 3. The van der Waals surface area contributed by atoms with E-state index >= 15 is 0 Å². The lowest BCUT2D eigenvalue weighted by atomic mass is 10.0. The van der Waals surface area contributed by atoms with E-state index in [2.05, 4.69) is 0 Å². The number of hydrogen-bond acceptors (Lipinski definition) is 5. The smallest absolute Gasteiger partial charge is 0.431 e. The van der Waals surface area contributed by atoms with Crippen LogP contribution >= 0.6 is 0 Å². The SMILES string of the molecule is C[C@@H]1COC[C@@H](COc2ccc(-c3cc(C(N)=O)c(=O)[nH]c3C(F)(F)F)cc2)O1. The number of rotatable bonds is 5. The normalized spacial score (nSPS) is 19.7. The van der Waals surface area contributed by atoms with Crippen molar-refractivity contribution < 1.29 is 32.2 Å². The molecule has 1 aromatic carbocycles. The predicted octanol–water partition coefficient (Wildman–Crippen LogP) is 2.34. The number of primary amides is 1. The van der Waals surface area contributed by atoms with Gasteiger partial charge in [0.25, 0.3) is 11.5 Å². The second-order valence-corrected chi connectivity index (χ2v) is 6.60. The molecule has 156 valence electrons. The average molecular weight is 412 g/mol. The van der Waals surface area contributed by atoms with Crippen LogP contribution in [0.1, 0.15) is 23.0 Å². The van der Waals surface area contributed by atoms with Crippen LogP contribution in [-0.2, 0) is 15.7 Å². The van der Waals surface area contributed by atoms with Gasteiger partial charge in [0, 0.05) is 5.56 Å². The molecule has 10 heteroatoms. The Kier molecular flexibility index (Phi) is 5.94. The summed E-state index contributed by atoms with van der Waals surface area (Å²) in [6.07, 6.45) is -5.11. The molecular weight excluding hydrogens is 393 g/mol. The first-order valence-corrected chi connectivity index (χ1v) is 8.76. The molecule has 1 fully saturated rings. The van der Waals surface area contributed by atoms with Crippen molar-refractivity contribution in [3.8, 4) is 16.9 Å². The topological polar surface area (TPSA) is 104 Å². The number of carbonyl (C=O) groups is 1. The number of aromatic amines is 1. The Labute approximate surface area is 163 Å². The molecule has 7 nitrogen and oxygen atoms in total. The Hall–Kier alpha value is -2.85. The first kappa shape index (κ1) is 20.9. The summed E-state index contributed by atoms with van der Waals surface area (Å²) in [5.74, 6) is -0.700. The number of amides is 1. The third-order valence-electron chi connectivity index (χ3n) is 4.27. The highest BCUT2D eigenvalue weighted by Gasteiger charge is 2.36. The van der Waals surface area contributed by atoms with E-state index in [9.17, 15) is 22.8 Å². The number of alkyl halides is 3. The fraction of sp³-hybridized carbons (Fsp3) is 0.368. The summed E-state index contributed by atoms with van der Waals surface area (Å²) >= 11 is 0. The molecule has 0 bridgehead atoms. The zero-order valence-corrected chi connectivity index (χ0v) is 15.4. The fourth-order valence-corrected chi connectivity index (χ4v) is 2.94. The first-order valence-electron chi connectivity index (χ1n) is 8.76. The zero-order valence-electron chi connectivity index (χ0n) is 15.4. The van der Waals surface area contributed by atoms with Gasteiger partial charge in [-0.3, -0.25) is 9.59 Å². The third-order valence-corrected chi connectivity index (χ3v) is 4.27. The molecule has 3 N–H and O–H groups in total. The highest BCUT2D eigenvalue weighted by molar-refractivity contribution is 5.93. The minimum Gasteiger partial charge on any atom is -0.491 e. The van der Waals surface area contributed by atoms with Gasteiger partial charge in [0.15, 0.2) is 0 Å². The number of benzene rings is 1. The van der Waals surface area contributed by atoms with Crippen molar-refractivity contribution in [2.24, 2.45) is 5.73 Å². The van der Waals surface area contributed by atoms with Gasteiger partial charge in [-0.05, 0) is 30.7 Å². The van der Waals surface area contributed by atoms with Gasteiger partial charge in [-0.25, -0.2) is 0 Å². The van der Waals surface area contributed by atoms with Crippen LogP contribution in [0.2, 0.25) is 0 Å². The van der Waals surface area contributed by atoms with E-state index in [-0.39, 0.29) is 29.9 Å². The number of nitrogens with two attached hydrogens (primary N) is 1. The van der Waals surface area contributed by atoms with Crippen molar-refractivity contribution in [2.45, 2.75) is 25.3 Å². The van der Waals surface area contributed by atoms with Crippen molar-refractivity contribution in [1.82, 2.24) is 4.98 Å². The lowest BCUT2D eigenvalue weighted by molar-refractivity contribution is -0.140. The maximum Gasteiger partial charge on any atom is 0.431 e. The Morgan fingerprint density at radius 3 is 2.55 bits per heavy atom. The van der Waals surface area contributed by atoms with Crippen LogP contribution in [0.4, 0.5) is 13.2 Å². The first-order chi connectivity index (χ1) is 13.6. The van der Waals surface area contributed by atoms with Crippen LogP contribution in [0, 0.1) is 0 Å². The maximum atomic E-state index is 13.3. The van der Waals surface area contributed by atoms with Crippen LogP contribution < -0.4 is 16.0 Å². The standard InChI is InChI=1S/C19H19F3N2O5/c1-10-7-27-8-13(29-10)9-28-12-4-2-11(3-5-12)14-6-15(17(23)25)18(26)24-16(14)19(20,21)22/h2-6,10,13H,7-9H2,1H3,(H2,23,25)(H,24,26)/t10-,13+/m1/s1. The second kappa shape index (κ2) is 8.26. The van der Waals surface area contributed by atoms with Crippen molar-refractivity contribution in [3.63, 3.8) is 0 Å². The van der Waals surface area contributed by atoms with Crippen molar-refractivity contribution >= 4 is 5.91 Å². The molecule has 2 heterocycles. The van der Waals surface area contributed by atoms with Crippen LogP contribution in [0.25, 0.3) is 11.1 Å². The molecule has 1 saturated heterocycles. The maximum absolute atomic E-state index is 13.3. The summed E-state index contributed by atoms with van der Waals surface area (Å²) in [4.78, 5) is 24.8. The van der Waals surface area contributed by atoms with Gasteiger partial charge >= 0.3 is 6.18 Å². The predicted molar refractivity (Wildman–Crippen MR) is 96.7 cm³/mol. The van der Waals surface area contributed by atoms with Gasteiger partial charge in [0.1, 0.15) is 29.7 Å². The van der Waals surface area contributed by atoms with Gasteiger partial charge in [-0.15, -0.1) is 0 Å². The quantitative estimate of drug-likeness (QED) is 0.785. The van der Waals surface area contributed by atoms with Crippen molar-refractivity contribution in [1.29, 1.82) is 0 Å². The van der Waals surface area contributed by atoms with Crippen LogP contribution in [0.3, 0.4) is 0 Å². The Balaban J connectivity index is 1.84. The molecule has 2 aromatic rings. The number of aromatic nitrogens is 1. The number of H-pyrrole nitrogens is 1. The molecule has 0 saturated carbocycles. The highest BCUT2D eigenvalue weighted by Crippen LogP contribution is 2.35. The van der Waals surface area contributed by atoms with E-state index in [0.29, 0.717) is 19.0 Å². The molecule has 29 heavy (non-hydrogen) atoms. The van der Waals surface area contributed by atoms with Gasteiger partial charge in [-0.2, -0.15) is 13.2 Å². The van der Waals surface area contributed by atoms with E-state index in [1.165, 1.54) is 24.3 Å². The molecule has 0 radical (unpaired) electrons. The summed E-state index contributed by atoms with van der Waals surface area (Å²) in [6.45, 7) is 3.01. The van der Waals surface area contributed by atoms with E-state index in [0.717, 1.165) is 6.07 Å². The van der Waals surface area contributed by atoms with E-state index < -0.39 is 28.9 Å². The largest absolute Gasteiger partial charge is 0.491 e. The molecule has 1 aliphatic heterocycles. The summed E-state index contributed by atoms with van der Waals surface area (Å²) in [7, 11) is 0. The molecule has 1 amide bonds. The summed E-state index contributed by atoms with van der Waals surface area (Å²) in [5.41, 5.74) is 1.83. The number of hydrogen-bond donors (Lipinski definition) is 2. The fourth-order valence-electron chi connectivity index (χ4n) is 2.94. The Morgan fingerprint density at radius 2 is 1.97 bits per heavy atom. The molecular formula is C19H19F3N2O5. The number of carbonyl (C=O) groups excluding carboxylic acids is 1. The van der Waals surface area contributed by atoms with Crippen molar-refractivity contribution in [2.75, 3.05) is 19.8 Å². The third kappa shape index (κ3) is 4.96. The summed E-state index contributed by atoms with van der Waals surface area (Å²) < 4.78 is 56.7. The van der Waals surface area contributed by atoms with Crippen molar-refractivity contribution in [3.05, 3.63) is 51.9 Å². The molecule has 0 unspecified atom stereocenters. The van der Waals surface area contributed by atoms with Crippen LogP contribution in [0.5, 0.6) is 5.75 Å². The highest BCUT2D eigenvalue weighted by atomic mass is 19.4. The molecule has 1 aromatic heterocycles. The van der Waals surface area contributed by atoms with E-state index in [1.807, 2.05) is 6.92 Å². The molecule has 3 rings (SSSR count). The van der Waals surface area contributed by atoms with Crippen LogP contribution in [-0.4, -0.2) is 42.9 Å². The number of ether oxygens (including phenoxy) is 3. The molecule has 0 aliphatic carbocycles. The number of pyridine rings is 1. The monoisotopic (exact) mass is 412 g/mol. The summed E-state index contributed by atoms with van der Waals surface area (Å²) in [6, 6.07) is 6.59. The zero-order chi connectivity index (χ0) is 21.2. The molecule has 2 atom stereocenters. The lowest BCUT2D eigenvalue weighted by Crippen LogP contribution is -2.38. The number of nitrogens with one attached hydrogen (secondary N) is 1. The van der Waals surface area contributed by atoms with Gasteiger partial charge in [-0.1, -0.05) is 12.1 Å². The van der Waals surface area contributed by atoms with Gasteiger partial charge in [0.2, 0.25) is 0 Å². The van der Waals surface area contributed by atoms with E-state index in [4.69, 9.17) is 19.9 Å². The Bertz CT molecular complexity index is 940. The Morgan fingerprint density at radius 1 is 1.28 bits per heavy atom. The summed E-state index contributed by atoms with van der Waals surface area (Å²) in [5, 5.41) is 0. The molecule has 1 aliphatic rings.